The number of hydrogen-bond donors (Lipinski definition) is 1. The first kappa shape index (κ1) is 16.8. The second-order valence-corrected chi connectivity index (χ2v) is 6.00. The number of rotatable bonds is 6. The fraction of sp³-hybridized carbons (Fsp3) is 0.136. The molecular formula is C22H20O3. The molecule has 25 heavy (non-hydrogen) atoms. The Morgan fingerprint density at radius 2 is 1.28 bits per heavy atom. The number of hydrogen-bond acceptors (Lipinski definition) is 2. The highest BCUT2D eigenvalue weighted by Crippen LogP contribution is 2.34. The lowest BCUT2D eigenvalue weighted by Crippen LogP contribution is -2.18. The maximum Gasteiger partial charge on any atom is 0.311 e. The third-order valence-corrected chi connectivity index (χ3v) is 4.31. The Kier molecular flexibility index (Phi) is 5.14. The molecule has 0 amide bonds. The highest BCUT2D eigenvalue weighted by molar-refractivity contribution is 5.77. The summed E-state index contributed by atoms with van der Waals surface area (Å²) in [4.78, 5) is 11.8. The largest absolute Gasteiger partial charge is 0.481 e. The van der Waals surface area contributed by atoms with Crippen LogP contribution in [0.15, 0.2) is 84.9 Å². The molecule has 2 atom stereocenters. The lowest BCUT2D eigenvalue weighted by molar-refractivity contribution is -0.139. The van der Waals surface area contributed by atoms with E-state index in [4.69, 9.17) is 4.74 Å². The topological polar surface area (TPSA) is 46.5 Å². The summed E-state index contributed by atoms with van der Waals surface area (Å²) in [5, 5.41) is 9.68. The summed E-state index contributed by atoms with van der Waals surface area (Å²) in [5.74, 6) is -0.0409. The summed E-state index contributed by atoms with van der Waals surface area (Å²) in [6, 6.07) is 26.5. The molecule has 3 heteroatoms. The van der Waals surface area contributed by atoms with Crippen molar-refractivity contribution in [3.63, 3.8) is 0 Å². The minimum atomic E-state index is -0.816. The van der Waals surface area contributed by atoms with Crippen molar-refractivity contribution in [3.05, 3.63) is 96.1 Å². The van der Waals surface area contributed by atoms with Gasteiger partial charge in [0.15, 0.2) is 0 Å². The van der Waals surface area contributed by atoms with Gasteiger partial charge in [0.1, 0.15) is 11.5 Å². The lowest BCUT2D eigenvalue weighted by Gasteiger charge is -2.21. The summed E-state index contributed by atoms with van der Waals surface area (Å²) in [6.07, 6.45) is 0. The van der Waals surface area contributed by atoms with Gasteiger partial charge in [0.2, 0.25) is 0 Å². The van der Waals surface area contributed by atoms with Crippen LogP contribution in [0.1, 0.15) is 29.9 Å². The number of carboxylic acid groups (broad SMARTS) is 1. The van der Waals surface area contributed by atoms with Crippen LogP contribution in [0.2, 0.25) is 0 Å². The van der Waals surface area contributed by atoms with Crippen molar-refractivity contribution in [1.29, 1.82) is 0 Å². The van der Waals surface area contributed by atoms with E-state index in [2.05, 4.69) is 0 Å². The second kappa shape index (κ2) is 7.67. The van der Waals surface area contributed by atoms with Crippen LogP contribution in [0.3, 0.4) is 0 Å². The van der Waals surface area contributed by atoms with Gasteiger partial charge in [0.05, 0.1) is 5.92 Å². The van der Waals surface area contributed by atoms with E-state index in [1.807, 2.05) is 91.9 Å². The Morgan fingerprint density at radius 3 is 1.84 bits per heavy atom. The summed E-state index contributed by atoms with van der Waals surface area (Å²) >= 11 is 0. The molecule has 0 aliphatic carbocycles. The molecule has 0 saturated carbocycles. The standard InChI is InChI=1S/C22H20O3/c1-16(21(22(23)24)18-8-4-2-5-9-18)17-12-14-20(15-13-17)25-19-10-6-3-7-11-19/h2-16,21H,1H3,(H,23,24)/t16-,21?/m1/s1. The van der Waals surface area contributed by atoms with Gasteiger partial charge in [-0.05, 0) is 41.3 Å². The summed E-state index contributed by atoms with van der Waals surface area (Å²) in [5.41, 5.74) is 1.78. The number of aliphatic carboxylic acids is 1. The van der Waals surface area contributed by atoms with Crippen molar-refractivity contribution in [3.8, 4) is 11.5 Å². The van der Waals surface area contributed by atoms with Crippen LogP contribution >= 0.6 is 0 Å². The third-order valence-electron chi connectivity index (χ3n) is 4.31. The monoisotopic (exact) mass is 332 g/mol. The summed E-state index contributed by atoms with van der Waals surface area (Å²) < 4.78 is 5.79. The van der Waals surface area contributed by atoms with Gasteiger partial charge >= 0.3 is 5.97 Å². The number of carbonyl (C=O) groups is 1. The molecule has 0 spiro atoms. The maximum absolute atomic E-state index is 11.8. The van der Waals surface area contributed by atoms with Crippen molar-refractivity contribution in [2.45, 2.75) is 18.8 Å². The van der Waals surface area contributed by atoms with Crippen molar-refractivity contribution in [2.24, 2.45) is 0 Å². The highest BCUT2D eigenvalue weighted by Gasteiger charge is 2.27. The van der Waals surface area contributed by atoms with Gasteiger partial charge in [0, 0.05) is 0 Å². The first-order chi connectivity index (χ1) is 12.1. The van der Waals surface area contributed by atoms with Crippen LogP contribution in [0.25, 0.3) is 0 Å². The molecule has 3 aromatic rings. The predicted molar refractivity (Wildman–Crippen MR) is 98.2 cm³/mol. The van der Waals surface area contributed by atoms with Gasteiger partial charge in [-0.15, -0.1) is 0 Å². The van der Waals surface area contributed by atoms with Crippen molar-refractivity contribution in [1.82, 2.24) is 0 Å². The van der Waals surface area contributed by atoms with Crippen molar-refractivity contribution >= 4 is 5.97 Å². The molecule has 0 aliphatic rings. The number of ether oxygens (including phenoxy) is 1. The van der Waals surface area contributed by atoms with Crippen LogP contribution in [-0.4, -0.2) is 11.1 Å². The molecule has 0 bridgehead atoms. The van der Waals surface area contributed by atoms with Gasteiger partial charge in [0.25, 0.3) is 0 Å². The highest BCUT2D eigenvalue weighted by atomic mass is 16.5. The Hall–Kier alpha value is -3.07. The van der Waals surface area contributed by atoms with E-state index < -0.39 is 11.9 Å². The summed E-state index contributed by atoms with van der Waals surface area (Å²) in [7, 11) is 0. The molecular weight excluding hydrogens is 312 g/mol. The van der Waals surface area contributed by atoms with Crippen LogP contribution in [0.5, 0.6) is 11.5 Å². The zero-order valence-corrected chi connectivity index (χ0v) is 14.0. The van der Waals surface area contributed by atoms with E-state index in [1.165, 1.54) is 0 Å². The van der Waals surface area contributed by atoms with Crippen molar-refractivity contribution in [2.75, 3.05) is 0 Å². The molecule has 0 heterocycles. The fourth-order valence-corrected chi connectivity index (χ4v) is 2.96. The average molecular weight is 332 g/mol. The zero-order chi connectivity index (χ0) is 17.6. The van der Waals surface area contributed by atoms with E-state index in [9.17, 15) is 9.90 Å². The SMILES string of the molecule is C[C@H](c1ccc(Oc2ccccc2)cc1)C(C(=O)O)c1ccccc1. The van der Waals surface area contributed by atoms with E-state index in [0.717, 1.165) is 22.6 Å². The average Bonchev–Trinajstić information content (AvgIpc) is 2.64. The van der Waals surface area contributed by atoms with E-state index in [1.54, 1.807) is 0 Å². The van der Waals surface area contributed by atoms with Crippen LogP contribution in [0, 0.1) is 0 Å². The minimum absolute atomic E-state index is 0.148. The molecule has 126 valence electrons. The molecule has 1 unspecified atom stereocenters. The van der Waals surface area contributed by atoms with Gasteiger partial charge < -0.3 is 9.84 Å². The van der Waals surface area contributed by atoms with Crippen molar-refractivity contribution < 1.29 is 14.6 Å². The molecule has 0 aromatic heterocycles. The van der Waals surface area contributed by atoms with E-state index in [0.29, 0.717) is 0 Å². The van der Waals surface area contributed by atoms with Gasteiger partial charge in [-0.3, -0.25) is 4.79 Å². The number of benzene rings is 3. The minimum Gasteiger partial charge on any atom is -0.481 e. The zero-order valence-electron chi connectivity index (χ0n) is 14.0. The third kappa shape index (κ3) is 4.07. The first-order valence-corrected chi connectivity index (χ1v) is 8.26. The maximum atomic E-state index is 11.8. The first-order valence-electron chi connectivity index (χ1n) is 8.26. The lowest BCUT2D eigenvalue weighted by atomic mass is 9.83. The van der Waals surface area contributed by atoms with Crippen LogP contribution in [-0.2, 0) is 4.79 Å². The molecule has 0 aliphatic heterocycles. The Morgan fingerprint density at radius 1 is 0.760 bits per heavy atom. The van der Waals surface area contributed by atoms with Gasteiger partial charge in [-0.2, -0.15) is 0 Å². The Bertz CT molecular complexity index is 811. The molecule has 3 aromatic carbocycles. The molecule has 0 fully saturated rings. The Labute approximate surface area is 147 Å². The molecule has 3 nitrogen and oxygen atoms in total. The smallest absolute Gasteiger partial charge is 0.311 e. The van der Waals surface area contributed by atoms with E-state index >= 15 is 0 Å². The predicted octanol–water partition coefficient (Wildman–Crippen LogP) is 5.45. The quantitative estimate of drug-likeness (QED) is 0.653. The van der Waals surface area contributed by atoms with Crippen LogP contribution in [0.4, 0.5) is 0 Å². The summed E-state index contributed by atoms with van der Waals surface area (Å²) in [6.45, 7) is 1.94. The van der Waals surface area contributed by atoms with Crippen LogP contribution < -0.4 is 4.74 Å². The molecule has 1 N–H and O–H groups in total. The van der Waals surface area contributed by atoms with Gasteiger partial charge in [-0.25, -0.2) is 0 Å². The molecule has 0 saturated heterocycles. The normalized spacial score (nSPS) is 13.0. The Balaban J connectivity index is 1.79. The fourth-order valence-electron chi connectivity index (χ4n) is 2.96. The number of para-hydroxylation sites is 1. The van der Waals surface area contributed by atoms with Gasteiger partial charge in [-0.1, -0.05) is 67.6 Å². The molecule has 0 radical (unpaired) electrons. The molecule has 3 rings (SSSR count). The van der Waals surface area contributed by atoms with E-state index in [-0.39, 0.29) is 5.92 Å². The number of carboxylic acids is 1. The second-order valence-electron chi connectivity index (χ2n) is 6.00.